The number of hydrogen-bond acceptors (Lipinski definition) is 3. The zero-order valence-corrected chi connectivity index (χ0v) is 12.7. The third kappa shape index (κ3) is 2.97. The Morgan fingerprint density at radius 2 is 1.95 bits per heavy atom. The molecule has 0 saturated carbocycles. The normalized spacial score (nSPS) is 13.3. The van der Waals surface area contributed by atoms with Gasteiger partial charge in [0, 0.05) is 12.1 Å². The van der Waals surface area contributed by atoms with Crippen LogP contribution in [0.25, 0.3) is 0 Å². The van der Waals surface area contributed by atoms with Gasteiger partial charge < -0.3 is 15.0 Å². The minimum absolute atomic E-state index is 0.128. The number of rotatable bonds is 6. The molecule has 2 aromatic rings. The van der Waals surface area contributed by atoms with Crippen LogP contribution in [-0.2, 0) is 17.8 Å². The Labute approximate surface area is 130 Å². The van der Waals surface area contributed by atoms with Gasteiger partial charge in [0.25, 0.3) is 0 Å². The van der Waals surface area contributed by atoms with Crippen molar-refractivity contribution in [2.75, 3.05) is 25.1 Å². The highest BCUT2D eigenvalue weighted by Crippen LogP contribution is 2.36. The van der Waals surface area contributed by atoms with E-state index < -0.39 is 0 Å². The summed E-state index contributed by atoms with van der Waals surface area (Å²) < 4.78 is 5.79. The zero-order valence-electron chi connectivity index (χ0n) is 12.7. The van der Waals surface area contributed by atoms with Gasteiger partial charge in [-0.1, -0.05) is 36.4 Å². The van der Waals surface area contributed by atoms with Crippen LogP contribution in [0.4, 0.5) is 5.69 Å². The second-order valence-electron chi connectivity index (χ2n) is 5.35. The molecule has 0 spiro atoms. The van der Waals surface area contributed by atoms with E-state index in [1.165, 1.54) is 0 Å². The third-order valence-corrected chi connectivity index (χ3v) is 3.82. The smallest absolute Gasteiger partial charge is 0.231 e. The fourth-order valence-electron chi connectivity index (χ4n) is 2.70. The van der Waals surface area contributed by atoms with Crippen molar-refractivity contribution in [2.45, 2.75) is 13.0 Å². The summed E-state index contributed by atoms with van der Waals surface area (Å²) in [7, 11) is 1.89. The van der Waals surface area contributed by atoms with Crippen molar-refractivity contribution in [3.63, 3.8) is 0 Å². The number of carbonyl (C=O) groups excluding carboxylic acids is 1. The lowest BCUT2D eigenvalue weighted by atomic mass is 10.1. The third-order valence-electron chi connectivity index (χ3n) is 3.82. The minimum Gasteiger partial charge on any atom is -0.492 e. The molecule has 1 amide bonds. The molecule has 3 rings (SSSR count). The molecule has 0 atom stereocenters. The Morgan fingerprint density at radius 1 is 1.14 bits per heavy atom. The highest BCUT2D eigenvalue weighted by atomic mass is 16.5. The van der Waals surface area contributed by atoms with Gasteiger partial charge in [0.1, 0.15) is 12.4 Å². The first-order valence-electron chi connectivity index (χ1n) is 7.53. The molecule has 1 aliphatic rings. The first-order valence-corrected chi connectivity index (χ1v) is 7.53. The van der Waals surface area contributed by atoms with Gasteiger partial charge in [0.05, 0.1) is 18.7 Å². The number of ether oxygens (including phenoxy) is 1. The monoisotopic (exact) mass is 296 g/mol. The van der Waals surface area contributed by atoms with E-state index in [1.54, 1.807) is 0 Å². The summed E-state index contributed by atoms with van der Waals surface area (Å²) >= 11 is 0. The Bertz CT molecular complexity index is 655. The molecule has 114 valence electrons. The predicted molar refractivity (Wildman–Crippen MR) is 87.2 cm³/mol. The number of anilines is 1. The molecule has 2 aromatic carbocycles. The van der Waals surface area contributed by atoms with Gasteiger partial charge in [-0.05, 0) is 24.7 Å². The average molecular weight is 296 g/mol. The number of nitrogens with zero attached hydrogens (tertiary/aromatic N) is 1. The Balaban J connectivity index is 1.82. The number of hydrogen-bond donors (Lipinski definition) is 1. The highest BCUT2D eigenvalue weighted by molar-refractivity contribution is 6.02. The number of amides is 1. The van der Waals surface area contributed by atoms with Crippen LogP contribution in [0, 0.1) is 0 Å². The van der Waals surface area contributed by atoms with E-state index in [4.69, 9.17) is 4.74 Å². The van der Waals surface area contributed by atoms with E-state index in [0.717, 1.165) is 29.1 Å². The number of nitrogens with one attached hydrogen (secondary N) is 1. The first kappa shape index (κ1) is 14.6. The number of likely N-dealkylation sites (N-methyl/N-ethyl adjacent to an activating group) is 1. The number of benzene rings is 2. The molecule has 0 saturated heterocycles. The minimum atomic E-state index is 0.128. The molecule has 0 aliphatic carbocycles. The molecule has 0 radical (unpaired) electrons. The molecule has 4 nitrogen and oxygen atoms in total. The maximum atomic E-state index is 12.4. The van der Waals surface area contributed by atoms with Gasteiger partial charge in [0.2, 0.25) is 5.91 Å². The summed E-state index contributed by atoms with van der Waals surface area (Å²) in [4.78, 5) is 14.2. The predicted octanol–water partition coefficient (Wildman–Crippen LogP) is 2.37. The van der Waals surface area contributed by atoms with Crippen LogP contribution in [0.1, 0.15) is 11.1 Å². The van der Waals surface area contributed by atoms with Gasteiger partial charge in [-0.25, -0.2) is 0 Å². The number of fused-ring (bicyclic) bond motifs is 1. The van der Waals surface area contributed by atoms with E-state index >= 15 is 0 Å². The second kappa shape index (κ2) is 6.62. The van der Waals surface area contributed by atoms with Gasteiger partial charge in [-0.15, -0.1) is 0 Å². The quantitative estimate of drug-likeness (QED) is 0.832. The molecule has 1 aliphatic heterocycles. The first-order chi connectivity index (χ1) is 10.8. The van der Waals surface area contributed by atoms with E-state index in [-0.39, 0.29) is 5.91 Å². The summed E-state index contributed by atoms with van der Waals surface area (Å²) in [6.45, 7) is 1.98. The van der Waals surface area contributed by atoms with Crippen LogP contribution < -0.4 is 15.0 Å². The number of carbonyl (C=O) groups is 1. The van der Waals surface area contributed by atoms with Crippen molar-refractivity contribution in [3.05, 3.63) is 59.7 Å². The summed E-state index contributed by atoms with van der Waals surface area (Å²) in [6.07, 6.45) is 0.415. The summed E-state index contributed by atoms with van der Waals surface area (Å²) in [5.41, 5.74) is 3.10. The summed E-state index contributed by atoms with van der Waals surface area (Å²) in [6, 6.07) is 15.9. The maximum absolute atomic E-state index is 12.4. The fraction of sp³-hybridized carbons (Fsp3) is 0.278. The Hall–Kier alpha value is -2.33. The summed E-state index contributed by atoms with van der Waals surface area (Å²) in [5, 5.41) is 3.05. The zero-order chi connectivity index (χ0) is 15.4. The molecule has 1 N–H and O–H groups in total. The highest BCUT2D eigenvalue weighted by Gasteiger charge is 2.29. The topological polar surface area (TPSA) is 41.6 Å². The largest absolute Gasteiger partial charge is 0.492 e. The van der Waals surface area contributed by atoms with E-state index in [1.807, 2.05) is 60.5 Å². The fourth-order valence-corrected chi connectivity index (χ4v) is 2.70. The lowest BCUT2D eigenvalue weighted by molar-refractivity contribution is -0.117. The molecule has 0 unspecified atom stereocenters. The van der Waals surface area contributed by atoms with Crippen LogP contribution in [0.15, 0.2) is 48.5 Å². The Morgan fingerprint density at radius 3 is 2.73 bits per heavy atom. The molecule has 0 aromatic heterocycles. The molecule has 0 fully saturated rings. The molecule has 0 bridgehead atoms. The molecular weight excluding hydrogens is 276 g/mol. The standard InChI is InChI=1S/C18H20N2O2/c1-19-10-11-22-17-9-5-8-16-15(17)12-18(21)20(16)13-14-6-3-2-4-7-14/h2-9,19H,10-13H2,1H3. The van der Waals surface area contributed by atoms with Gasteiger partial charge >= 0.3 is 0 Å². The molecule has 4 heteroatoms. The van der Waals surface area contributed by atoms with Crippen LogP contribution in [0.3, 0.4) is 0 Å². The maximum Gasteiger partial charge on any atom is 0.231 e. The molecule has 1 heterocycles. The van der Waals surface area contributed by atoms with Crippen molar-refractivity contribution in [1.82, 2.24) is 5.32 Å². The van der Waals surface area contributed by atoms with Crippen LogP contribution in [0.2, 0.25) is 0 Å². The SMILES string of the molecule is CNCCOc1cccc2c1CC(=O)N2Cc1ccccc1. The van der Waals surface area contributed by atoms with Crippen molar-refractivity contribution in [2.24, 2.45) is 0 Å². The van der Waals surface area contributed by atoms with Crippen LogP contribution in [-0.4, -0.2) is 26.1 Å². The average Bonchev–Trinajstić information content (AvgIpc) is 2.86. The van der Waals surface area contributed by atoms with E-state index in [0.29, 0.717) is 19.6 Å². The van der Waals surface area contributed by atoms with E-state index in [9.17, 15) is 4.79 Å². The lowest BCUT2D eigenvalue weighted by Crippen LogP contribution is -2.25. The van der Waals surface area contributed by atoms with Crippen LogP contribution >= 0.6 is 0 Å². The van der Waals surface area contributed by atoms with Gasteiger partial charge in [-0.2, -0.15) is 0 Å². The molecular formula is C18H20N2O2. The van der Waals surface area contributed by atoms with Crippen molar-refractivity contribution >= 4 is 11.6 Å². The van der Waals surface area contributed by atoms with Crippen molar-refractivity contribution in [3.8, 4) is 5.75 Å². The van der Waals surface area contributed by atoms with Crippen molar-refractivity contribution < 1.29 is 9.53 Å². The molecule has 22 heavy (non-hydrogen) atoms. The van der Waals surface area contributed by atoms with Crippen LogP contribution in [0.5, 0.6) is 5.75 Å². The lowest BCUT2D eigenvalue weighted by Gasteiger charge is -2.18. The van der Waals surface area contributed by atoms with Crippen molar-refractivity contribution in [1.29, 1.82) is 0 Å². The van der Waals surface area contributed by atoms with Gasteiger partial charge in [0.15, 0.2) is 0 Å². The van der Waals surface area contributed by atoms with Gasteiger partial charge in [-0.3, -0.25) is 4.79 Å². The Kier molecular flexibility index (Phi) is 4.39. The second-order valence-corrected chi connectivity index (χ2v) is 5.35. The van der Waals surface area contributed by atoms with E-state index in [2.05, 4.69) is 5.32 Å². The summed E-state index contributed by atoms with van der Waals surface area (Å²) in [5.74, 6) is 0.945.